The molecule has 1 atom stereocenters. The second kappa shape index (κ2) is 3.43. The van der Waals surface area contributed by atoms with Crippen LogP contribution in [0.2, 0.25) is 0 Å². The van der Waals surface area contributed by atoms with Crippen LogP contribution < -0.4 is 11.5 Å². The van der Waals surface area contributed by atoms with Crippen LogP contribution >= 0.6 is 0 Å². The summed E-state index contributed by atoms with van der Waals surface area (Å²) in [5, 5.41) is 0. The maximum absolute atomic E-state index is 10.1. The Labute approximate surface area is 49.0 Å². The van der Waals surface area contributed by atoms with Crippen molar-refractivity contribution >= 4 is 5.91 Å². The highest BCUT2D eigenvalue weighted by Gasteiger charge is 1.96. The van der Waals surface area contributed by atoms with Crippen LogP contribution in [0.25, 0.3) is 0 Å². The number of amides is 1. The normalized spacial score (nSPS) is 13.2. The van der Waals surface area contributed by atoms with Gasteiger partial charge in [-0.15, -0.1) is 0 Å². The van der Waals surface area contributed by atoms with Gasteiger partial charge in [-0.05, 0) is 13.3 Å². The minimum absolute atomic E-state index is 0.0856. The van der Waals surface area contributed by atoms with Gasteiger partial charge in [-0.3, -0.25) is 4.79 Å². The standard InChI is InChI=1S/C5H12N2O/c1-4(6)2-3-5(7)8/h4H,2-3,6H2,1H3,(H2,7,8)/t4-/m1/s1. The summed E-state index contributed by atoms with van der Waals surface area (Å²) in [4.78, 5) is 10.1. The van der Waals surface area contributed by atoms with Gasteiger partial charge in [0.25, 0.3) is 0 Å². The first-order chi connectivity index (χ1) is 3.63. The molecule has 0 aromatic heterocycles. The molecule has 0 bridgehead atoms. The lowest BCUT2D eigenvalue weighted by Crippen LogP contribution is -2.19. The molecule has 0 spiro atoms. The van der Waals surface area contributed by atoms with E-state index in [-0.39, 0.29) is 11.9 Å². The van der Waals surface area contributed by atoms with E-state index in [0.29, 0.717) is 12.8 Å². The zero-order valence-corrected chi connectivity index (χ0v) is 5.05. The summed E-state index contributed by atoms with van der Waals surface area (Å²) in [6.45, 7) is 1.85. The van der Waals surface area contributed by atoms with Crippen molar-refractivity contribution in [1.29, 1.82) is 0 Å². The number of hydrogen-bond acceptors (Lipinski definition) is 2. The van der Waals surface area contributed by atoms with Gasteiger partial charge in [-0.2, -0.15) is 0 Å². The van der Waals surface area contributed by atoms with Crippen molar-refractivity contribution in [3.05, 3.63) is 0 Å². The first kappa shape index (κ1) is 7.43. The molecule has 0 radical (unpaired) electrons. The van der Waals surface area contributed by atoms with Crippen LogP contribution in [0.15, 0.2) is 0 Å². The van der Waals surface area contributed by atoms with Crippen molar-refractivity contribution in [2.24, 2.45) is 11.5 Å². The van der Waals surface area contributed by atoms with Crippen LogP contribution in [-0.4, -0.2) is 11.9 Å². The van der Waals surface area contributed by atoms with Crippen LogP contribution in [0.5, 0.6) is 0 Å². The molecule has 48 valence electrons. The molecule has 3 nitrogen and oxygen atoms in total. The third-order valence-electron chi connectivity index (χ3n) is 0.846. The number of primary amides is 1. The van der Waals surface area contributed by atoms with Crippen LogP contribution in [0.4, 0.5) is 0 Å². The highest BCUT2D eigenvalue weighted by molar-refractivity contribution is 5.73. The zero-order chi connectivity index (χ0) is 6.57. The Hall–Kier alpha value is -0.570. The molecule has 3 heteroatoms. The highest BCUT2D eigenvalue weighted by atomic mass is 16.1. The Bertz CT molecular complexity index is 80.5. The third kappa shape index (κ3) is 5.43. The first-order valence-corrected chi connectivity index (χ1v) is 2.67. The Morgan fingerprint density at radius 1 is 1.75 bits per heavy atom. The molecule has 1 amide bonds. The summed E-state index contributed by atoms with van der Waals surface area (Å²) in [6.07, 6.45) is 1.09. The minimum Gasteiger partial charge on any atom is -0.370 e. The van der Waals surface area contributed by atoms with E-state index in [1.807, 2.05) is 6.92 Å². The molecule has 8 heavy (non-hydrogen) atoms. The van der Waals surface area contributed by atoms with Crippen molar-refractivity contribution in [1.82, 2.24) is 0 Å². The van der Waals surface area contributed by atoms with E-state index in [2.05, 4.69) is 0 Å². The molecule has 0 saturated heterocycles. The summed E-state index contributed by atoms with van der Waals surface area (Å²) in [6, 6.07) is 0.0856. The van der Waals surface area contributed by atoms with E-state index in [1.165, 1.54) is 0 Å². The van der Waals surface area contributed by atoms with E-state index in [4.69, 9.17) is 11.5 Å². The monoisotopic (exact) mass is 116 g/mol. The Kier molecular flexibility index (Phi) is 3.19. The fourth-order valence-corrected chi connectivity index (χ4v) is 0.370. The van der Waals surface area contributed by atoms with Crippen molar-refractivity contribution in [2.45, 2.75) is 25.8 Å². The largest absolute Gasteiger partial charge is 0.370 e. The summed E-state index contributed by atoms with van der Waals surface area (Å²) in [5.41, 5.74) is 10.2. The van der Waals surface area contributed by atoms with Crippen LogP contribution in [0, 0.1) is 0 Å². The van der Waals surface area contributed by atoms with Crippen molar-refractivity contribution < 1.29 is 4.79 Å². The van der Waals surface area contributed by atoms with Gasteiger partial charge in [-0.25, -0.2) is 0 Å². The van der Waals surface area contributed by atoms with Gasteiger partial charge >= 0.3 is 0 Å². The molecular weight excluding hydrogens is 104 g/mol. The lowest BCUT2D eigenvalue weighted by atomic mass is 10.2. The van der Waals surface area contributed by atoms with Gasteiger partial charge in [0.15, 0.2) is 0 Å². The number of carbonyl (C=O) groups is 1. The van der Waals surface area contributed by atoms with E-state index in [9.17, 15) is 4.79 Å². The lowest BCUT2D eigenvalue weighted by Gasteiger charge is -1.99. The predicted molar refractivity (Wildman–Crippen MR) is 32.1 cm³/mol. The van der Waals surface area contributed by atoms with E-state index < -0.39 is 0 Å². The van der Waals surface area contributed by atoms with E-state index in [1.54, 1.807) is 0 Å². The molecule has 0 fully saturated rings. The van der Waals surface area contributed by atoms with Crippen molar-refractivity contribution in [2.75, 3.05) is 0 Å². The van der Waals surface area contributed by atoms with Gasteiger partial charge in [0.2, 0.25) is 5.91 Å². The maximum atomic E-state index is 10.1. The predicted octanol–water partition coefficient (Wildman–Crippen LogP) is -0.401. The fourth-order valence-electron chi connectivity index (χ4n) is 0.370. The zero-order valence-electron chi connectivity index (χ0n) is 5.05. The summed E-state index contributed by atoms with van der Waals surface area (Å²) in [7, 11) is 0. The lowest BCUT2D eigenvalue weighted by molar-refractivity contribution is -0.118. The van der Waals surface area contributed by atoms with Crippen LogP contribution in [-0.2, 0) is 4.79 Å². The average molecular weight is 116 g/mol. The smallest absolute Gasteiger partial charge is 0.217 e. The van der Waals surface area contributed by atoms with Gasteiger partial charge in [0.1, 0.15) is 0 Å². The minimum atomic E-state index is -0.276. The quantitative estimate of drug-likeness (QED) is 0.526. The summed E-state index contributed by atoms with van der Waals surface area (Å²) < 4.78 is 0. The summed E-state index contributed by atoms with van der Waals surface area (Å²) >= 11 is 0. The molecule has 0 aliphatic carbocycles. The Balaban J connectivity index is 3.05. The molecule has 4 N–H and O–H groups in total. The molecule has 0 unspecified atom stereocenters. The average Bonchev–Trinajstić information content (AvgIpc) is 1.61. The van der Waals surface area contributed by atoms with Crippen molar-refractivity contribution in [3.63, 3.8) is 0 Å². The van der Waals surface area contributed by atoms with Gasteiger partial charge < -0.3 is 11.5 Å². The van der Waals surface area contributed by atoms with Crippen LogP contribution in [0.1, 0.15) is 19.8 Å². The third-order valence-corrected chi connectivity index (χ3v) is 0.846. The molecule has 0 aromatic rings. The van der Waals surface area contributed by atoms with Gasteiger partial charge in [0.05, 0.1) is 0 Å². The Morgan fingerprint density at radius 2 is 2.25 bits per heavy atom. The number of rotatable bonds is 3. The van der Waals surface area contributed by atoms with Gasteiger partial charge in [-0.1, -0.05) is 0 Å². The topological polar surface area (TPSA) is 69.1 Å². The van der Waals surface area contributed by atoms with Crippen LogP contribution in [0.3, 0.4) is 0 Å². The molecule has 0 aliphatic heterocycles. The second-order valence-electron chi connectivity index (χ2n) is 1.98. The SMILES string of the molecule is C[C@@H](N)CCC(N)=O. The second-order valence-corrected chi connectivity index (χ2v) is 1.98. The molecule has 0 aromatic carbocycles. The molecule has 0 aliphatic rings. The Morgan fingerprint density at radius 3 is 2.38 bits per heavy atom. The van der Waals surface area contributed by atoms with Gasteiger partial charge in [0, 0.05) is 12.5 Å². The van der Waals surface area contributed by atoms with E-state index in [0.717, 1.165) is 0 Å². The first-order valence-electron chi connectivity index (χ1n) is 2.67. The molecule has 0 heterocycles. The molecular formula is C5H12N2O. The fraction of sp³-hybridized carbons (Fsp3) is 0.800. The summed E-state index contributed by atoms with van der Waals surface area (Å²) in [5.74, 6) is -0.276. The molecule has 0 saturated carbocycles. The number of hydrogen-bond donors (Lipinski definition) is 2. The number of nitrogens with two attached hydrogens (primary N) is 2. The van der Waals surface area contributed by atoms with Crippen molar-refractivity contribution in [3.8, 4) is 0 Å². The molecule has 0 rings (SSSR count). The maximum Gasteiger partial charge on any atom is 0.217 e. The van der Waals surface area contributed by atoms with E-state index >= 15 is 0 Å². The highest BCUT2D eigenvalue weighted by Crippen LogP contribution is 1.89. The number of carbonyl (C=O) groups excluding carboxylic acids is 1.